The lowest BCUT2D eigenvalue weighted by Gasteiger charge is -2.00. The summed E-state index contributed by atoms with van der Waals surface area (Å²) in [7, 11) is 0. The number of aryl methyl sites for hydroxylation is 2. The maximum absolute atomic E-state index is 11.3. The van der Waals surface area contributed by atoms with Gasteiger partial charge in [-0.15, -0.1) is 0 Å². The number of rotatable bonds is 1. The molecule has 0 aliphatic heterocycles. The van der Waals surface area contributed by atoms with Crippen molar-refractivity contribution in [1.82, 2.24) is 9.38 Å². The van der Waals surface area contributed by atoms with Crippen molar-refractivity contribution in [2.24, 2.45) is 0 Å². The van der Waals surface area contributed by atoms with E-state index >= 15 is 0 Å². The molecule has 78 valence electrons. The molecule has 4 heteroatoms. The van der Waals surface area contributed by atoms with Gasteiger partial charge in [-0.2, -0.15) is 0 Å². The molecule has 2 aromatic rings. The number of nitrogens with zero attached hydrogens (tertiary/aromatic N) is 2. The monoisotopic (exact) mass is 266 g/mol. The van der Waals surface area contributed by atoms with Crippen molar-refractivity contribution in [3.05, 3.63) is 33.7 Å². The van der Waals surface area contributed by atoms with Crippen LogP contribution in [0.25, 0.3) is 5.65 Å². The molecule has 0 saturated heterocycles. The first-order chi connectivity index (χ1) is 7.00. The fourth-order valence-corrected chi connectivity index (χ4v) is 2.26. The molecule has 0 unspecified atom stereocenters. The molecule has 0 spiro atoms. The maximum atomic E-state index is 11.3. The highest BCUT2D eigenvalue weighted by Gasteiger charge is 2.13. The molecule has 2 aromatic heterocycles. The fraction of sp³-hybridized carbons (Fsp3) is 0.273. The summed E-state index contributed by atoms with van der Waals surface area (Å²) in [6, 6.07) is 1.99. The number of carbonyl (C=O) groups is 1. The van der Waals surface area contributed by atoms with Gasteiger partial charge in [-0.3, -0.25) is 4.79 Å². The van der Waals surface area contributed by atoms with Crippen LogP contribution in [0.15, 0.2) is 16.7 Å². The molecule has 0 atom stereocenters. The zero-order valence-corrected chi connectivity index (χ0v) is 10.4. The molecule has 0 radical (unpaired) electrons. The van der Waals surface area contributed by atoms with Crippen LogP contribution in [0.2, 0.25) is 0 Å². The number of hydrogen-bond acceptors (Lipinski definition) is 2. The lowest BCUT2D eigenvalue weighted by atomic mass is 10.3. The van der Waals surface area contributed by atoms with Crippen molar-refractivity contribution in [2.75, 3.05) is 0 Å². The third-order valence-electron chi connectivity index (χ3n) is 2.44. The van der Waals surface area contributed by atoms with Crippen LogP contribution in [-0.4, -0.2) is 15.2 Å². The van der Waals surface area contributed by atoms with E-state index in [1.165, 1.54) is 0 Å². The molecule has 0 aliphatic rings. The number of pyridine rings is 1. The highest BCUT2D eigenvalue weighted by molar-refractivity contribution is 9.10. The van der Waals surface area contributed by atoms with Gasteiger partial charge in [0, 0.05) is 17.6 Å². The summed E-state index contributed by atoms with van der Waals surface area (Å²) in [5.74, 6) is 0.00622. The SMILES string of the molecule is CC(=O)c1nc2c(C)cc(Br)cn2c1C. The zero-order chi connectivity index (χ0) is 11.2. The Morgan fingerprint density at radius 2 is 2.13 bits per heavy atom. The summed E-state index contributed by atoms with van der Waals surface area (Å²) in [4.78, 5) is 15.7. The molecule has 0 amide bonds. The fourth-order valence-electron chi connectivity index (χ4n) is 1.72. The van der Waals surface area contributed by atoms with Crippen molar-refractivity contribution in [3.63, 3.8) is 0 Å². The second kappa shape index (κ2) is 3.45. The van der Waals surface area contributed by atoms with Gasteiger partial charge in [-0.05, 0) is 41.4 Å². The van der Waals surface area contributed by atoms with Crippen LogP contribution < -0.4 is 0 Å². The van der Waals surface area contributed by atoms with Crippen LogP contribution in [0.4, 0.5) is 0 Å². The molecule has 3 nitrogen and oxygen atoms in total. The molecule has 0 aromatic carbocycles. The van der Waals surface area contributed by atoms with Crippen molar-refractivity contribution >= 4 is 27.4 Å². The number of Topliss-reactive ketones (excluding diaryl/α,β-unsaturated/α-hetero) is 1. The Morgan fingerprint density at radius 3 is 2.73 bits per heavy atom. The maximum Gasteiger partial charge on any atom is 0.179 e. The predicted octanol–water partition coefficient (Wildman–Crippen LogP) is 2.92. The third-order valence-corrected chi connectivity index (χ3v) is 2.88. The number of aromatic nitrogens is 2. The number of imidazole rings is 1. The minimum atomic E-state index is 0.00622. The molecule has 0 fully saturated rings. The number of ketones is 1. The average molecular weight is 267 g/mol. The van der Waals surface area contributed by atoms with Gasteiger partial charge in [0.15, 0.2) is 5.78 Å². The van der Waals surface area contributed by atoms with E-state index in [2.05, 4.69) is 20.9 Å². The van der Waals surface area contributed by atoms with Crippen LogP contribution in [-0.2, 0) is 0 Å². The molecule has 15 heavy (non-hydrogen) atoms. The summed E-state index contributed by atoms with van der Waals surface area (Å²) < 4.78 is 2.93. The highest BCUT2D eigenvalue weighted by Crippen LogP contribution is 2.20. The summed E-state index contributed by atoms with van der Waals surface area (Å²) >= 11 is 3.43. The van der Waals surface area contributed by atoms with Gasteiger partial charge in [-0.25, -0.2) is 4.98 Å². The first-order valence-electron chi connectivity index (χ1n) is 4.66. The van der Waals surface area contributed by atoms with Gasteiger partial charge in [-0.1, -0.05) is 0 Å². The second-order valence-electron chi connectivity index (χ2n) is 3.64. The van der Waals surface area contributed by atoms with Crippen molar-refractivity contribution in [3.8, 4) is 0 Å². The Labute approximate surface area is 96.3 Å². The summed E-state index contributed by atoms with van der Waals surface area (Å²) in [5, 5.41) is 0. The molecule has 2 heterocycles. The minimum absolute atomic E-state index is 0.00622. The Kier molecular flexibility index (Phi) is 2.38. The number of hydrogen-bond donors (Lipinski definition) is 0. The molecular weight excluding hydrogens is 256 g/mol. The van der Waals surface area contributed by atoms with Gasteiger partial charge < -0.3 is 4.40 Å². The van der Waals surface area contributed by atoms with Crippen LogP contribution in [0.5, 0.6) is 0 Å². The van der Waals surface area contributed by atoms with Gasteiger partial charge in [0.1, 0.15) is 11.3 Å². The van der Waals surface area contributed by atoms with E-state index in [4.69, 9.17) is 0 Å². The number of carbonyl (C=O) groups excluding carboxylic acids is 1. The normalized spacial score (nSPS) is 10.9. The first kappa shape index (κ1) is 10.4. The Bertz CT molecular complexity index is 557. The summed E-state index contributed by atoms with van der Waals surface area (Å²) in [5.41, 5.74) is 3.35. The Hall–Kier alpha value is -1.16. The molecule has 0 saturated carbocycles. The third kappa shape index (κ3) is 1.59. The number of fused-ring (bicyclic) bond motifs is 1. The van der Waals surface area contributed by atoms with Crippen LogP contribution >= 0.6 is 15.9 Å². The Morgan fingerprint density at radius 1 is 1.47 bits per heavy atom. The lowest BCUT2D eigenvalue weighted by molar-refractivity contribution is 0.101. The van der Waals surface area contributed by atoms with E-state index in [9.17, 15) is 4.79 Å². The molecule has 0 N–H and O–H groups in total. The van der Waals surface area contributed by atoms with Crippen molar-refractivity contribution in [2.45, 2.75) is 20.8 Å². The van der Waals surface area contributed by atoms with E-state index in [0.717, 1.165) is 21.4 Å². The van der Waals surface area contributed by atoms with Gasteiger partial charge >= 0.3 is 0 Å². The minimum Gasteiger partial charge on any atom is -0.302 e. The van der Waals surface area contributed by atoms with E-state index in [0.29, 0.717) is 5.69 Å². The van der Waals surface area contributed by atoms with Crippen LogP contribution in [0.1, 0.15) is 28.7 Å². The second-order valence-corrected chi connectivity index (χ2v) is 4.55. The standard InChI is InChI=1S/C11H11BrN2O/c1-6-4-9(12)5-14-7(2)10(8(3)15)13-11(6)14/h4-5H,1-3H3. The number of halogens is 1. The average Bonchev–Trinajstić information content (AvgIpc) is 2.44. The quantitative estimate of drug-likeness (QED) is 0.744. The molecule has 0 aliphatic carbocycles. The molecule has 0 bridgehead atoms. The largest absolute Gasteiger partial charge is 0.302 e. The topological polar surface area (TPSA) is 34.4 Å². The predicted molar refractivity (Wildman–Crippen MR) is 62.4 cm³/mol. The van der Waals surface area contributed by atoms with Crippen LogP contribution in [0, 0.1) is 13.8 Å². The van der Waals surface area contributed by atoms with E-state index < -0.39 is 0 Å². The lowest BCUT2D eigenvalue weighted by Crippen LogP contribution is -1.95. The van der Waals surface area contributed by atoms with Gasteiger partial charge in [0.2, 0.25) is 0 Å². The van der Waals surface area contributed by atoms with Crippen molar-refractivity contribution in [1.29, 1.82) is 0 Å². The smallest absolute Gasteiger partial charge is 0.179 e. The zero-order valence-electron chi connectivity index (χ0n) is 8.84. The summed E-state index contributed by atoms with van der Waals surface area (Å²) in [6.07, 6.45) is 1.93. The highest BCUT2D eigenvalue weighted by atomic mass is 79.9. The van der Waals surface area contributed by atoms with Gasteiger partial charge in [0.05, 0.1) is 5.69 Å². The van der Waals surface area contributed by atoms with Crippen molar-refractivity contribution < 1.29 is 4.79 Å². The first-order valence-corrected chi connectivity index (χ1v) is 5.45. The van der Waals surface area contributed by atoms with Gasteiger partial charge in [0.25, 0.3) is 0 Å². The molecule has 2 rings (SSSR count). The molecular formula is C11H11BrN2O. The van der Waals surface area contributed by atoms with E-state index in [1.54, 1.807) is 6.92 Å². The summed E-state index contributed by atoms with van der Waals surface area (Å²) in [6.45, 7) is 5.43. The Balaban J connectivity index is 2.88. The van der Waals surface area contributed by atoms with E-state index in [1.807, 2.05) is 30.5 Å². The van der Waals surface area contributed by atoms with Crippen LogP contribution in [0.3, 0.4) is 0 Å². The van der Waals surface area contributed by atoms with E-state index in [-0.39, 0.29) is 5.78 Å².